The molecule has 182 valence electrons. The van der Waals surface area contributed by atoms with Crippen LogP contribution >= 0.6 is 0 Å². The van der Waals surface area contributed by atoms with Gasteiger partial charge in [-0.05, 0) is 73.6 Å². The molecule has 9 heteroatoms. The van der Waals surface area contributed by atoms with Crippen molar-refractivity contribution in [3.8, 4) is 5.75 Å². The lowest BCUT2D eigenvalue weighted by Gasteiger charge is -2.28. The zero-order valence-electron chi connectivity index (χ0n) is 19.4. The van der Waals surface area contributed by atoms with Crippen LogP contribution in [-0.2, 0) is 19.7 Å². The van der Waals surface area contributed by atoms with Gasteiger partial charge in [-0.1, -0.05) is 18.2 Å². The van der Waals surface area contributed by atoms with Gasteiger partial charge in [0.25, 0.3) is 5.91 Å². The van der Waals surface area contributed by atoms with Crippen molar-refractivity contribution in [2.45, 2.75) is 48.0 Å². The number of benzene rings is 2. The molecule has 2 aliphatic rings. The van der Waals surface area contributed by atoms with Gasteiger partial charge in [-0.2, -0.15) is 0 Å². The van der Waals surface area contributed by atoms with Gasteiger partial charge in [0, 0.05) is 25.6 Å². The van der Waals surface area contributed by atoms with Crippen LogP contribution in [0.15, 0.2) is 58.3 Å². The minimum absolute atomic E-state index is 0.0402. The lowest BCUT2D eigenvalue weighted by Crippen LogP contribution is -2.35. The molecule has 0 saturated heterocycles. The quantitative estimate of drug-likeness (QED) is 0.596. The third-order valence-electron chi connectivity index (χ3n) is 6.36. The summed E-state index contributed by atoms with van der Waals surface area (Å²) < 4.78 is 53.7. The summed E-state index contributed by atoms with van der Waals surface area (Å²) in [6, 6.07) is 11.2. The molecule has 34 heavy (non-hydrogen) atoms. The predicted octanol–water partition coefficient (Wildman–Crippen LogP) is 3.74. The molecular weight excluding hydrogens is 474 g/mol. The Morgan fingerprint density at radius 3 is 2.09 bits per heavy atom. The SMILES string of the molecule is CS(=O)(=O)c1ccc(C2=CCN(C(=O)c3cc(S(C)(=O)=O)ccc3OC3CCCC3)CC2)cc1. The van der Waals surface area contributed by atoms with Crippen LogP contribution in [0.3, 0.4) is 0 Å². The summed E-state index contributed by atoms with van der Waals surface area (Å²) in [5.41, 5.74) is 2.23. The largest absolute Gasteiger partial charge is 0.490 e. The van der Waals surface area contributed by atoms with Crippen LogP contribution in [0.1, 0.15) is 48.0 Å². The third-order valence-corrected chi connectivity index (χ3v) is 8.59. The zero-order chi connectivity index (χ0) is 24.5. The summed E-state index contributed by atoms with van der Waals surface area (Å²) in [5, 5.41) is 0. The fourth-order valence-electron chi connectivity index (χ4n) is 4.40. The summed E-state index contributed by atoms with van der Waals surface area (Å²) in [6.45, 7) is 0.832. The molecule has 1 fully saturated rings. The van der Waals surface area contributed by atoms with Crippen molar-refractivity contribution < 1.29 is 26.4 Å². The maximum absolute atomic E-state index is 13.4. The van der Waals surface area contributed by atoms with Gasteiger partial charge in [0.1, 0.15) is 5.75 Å². The number of hydrogen-bond acceptors (Lipinski definition) is 6. The first-order valence-corrected chi connectivity index (χ1v) is 15.1. The van der Waals surface area contributed by atoms with Crippen LogP contribution in [0.2, 0.25) is 0 Å². The van der Waals surface area contributed by atoms with E-state index in [-0.39, 0.29) is 27.4 Å². The van der Waals surface area contributed by atoms with E-state index in [4.69, 9.17) is 4.74 Å². The highest BCUT2D eigenvalue weighted by atomic mass is 32.2. The molecule has 2 aromatic rings. The summed E-state index contributed by atoms with van der Waals surface area (Å²) in [6.07, 6.45) is 8.92. The van der Waals surface area contributed by atoms with E-state index < -0.39 is 19.7 Å². The van der Waals surface area contributed by atoms with Crippen LogP contribution in [0.25, 0.3) is 5.57 Å². The lowest BCUT2D eigenvalue weighted by molar-refractivity contribution is 0.0765. The minimum Gasteiger partial charge on any atom is -0.490 e. The van der Waals surface area contributed by atoms with Crippen molar-refractivity contribution in [3.05, 3.63) is 59.7 Å². The number of ether oxygens (including phenoxy) is 1. The second-order valence-electron chi connectivity index (χ2n) is 8.98. The highest BCUT2D eigenvalue weighted by molar-refractivity contribution is 7.91. The van der Waals surface area contributed by atoms with E-state index in [1.165, 1.54) is 18.4 Å². The van der Waals surface area contributed by atoms with Gasteiger partial charge in [-0.3, -0.25) is 4.79 Å². The van der Waals surface area contributed by atoms with E-state index in [0.717, 1.165) is 43.1 Å². The number of carbonyl (C=O) groups excluding carboxylic acids is 1. The van der Waals surface area contributed by atoms with Gasteiger partial charge in [0.2, 0.25) is 0 Å². The Balaban J connectivity index is 1.56. The van der Waals surface area contributed by atoms with Crippen molar-refractivity contribution in [3.63, 3.8) is 0 Å². The molecule has 0 atom stereocenters. The summed E-state index contributed by atoms with van der Waals surface area (Å²) in [7, 11) is -6.73. The zero-order valence-corrected chi connectivity index (χ0v) is 21.0. The molecule has 7 nitrogen and oxygen atoms in total. The van der Waals surface area contributed by atoms with Crippen molar-refractivity contribution >= 4 is 31.2 Å². The second kappa shape index (κ2) is 9.54. The average Bonchev–Trinajstić information content (AvgIpc) is 3.31. The van der Waals surface area contributed by atoms with Crippen molar-refractivity contribution in [1.82, 2.24) is 4.90 Å². The summed E-state index contributed by atoms with van der Waals surface area (Å²) >= 11 is 0. The minimum atomic E-state index is -3.47. The van der Waals surface area contributed by atoms with E-state index in [2.05, 4.69) is 0 Å². The molecule has 0 unspecified atom stereocenters. The maximum Gasteiger partial charge on any atom is 0.257 e. The standard InChI is InChI=1S/C25H29NO6S2/c1-33(28,29)21-9-7-18(8-10-21)19-13-15-26(16-14-19)25(27)23-17-22(34(2,30)31)11-12-24(23)32-20-5-3-4-6-20/h7-13,17,20H,3-6,14-16H2,1-2H3. The molecule has 0 radical (unpaired) electrons. The monoisotopic (exact) mass is 503 g/mol. The van der Waals surface area contributed by atoms with Crippen molar-refractivity contribution in [2.75, 3.05) is 25.6 Å². The highest BCUT2D eigenvalue weighted by Gasteiger charge is 2.26. The van der Waals surface area contributed by atoms with E-state index in [0.29, 0.717) is 25.3 Å². The van der Waals surface area contributed by atoms with Crippen LogP contribution in [0.5, 0.6) is 5.75 Å². The number of nitrogens with zero attached hydrogens (tertiary/aromatic N) is 1. The normalized spacial score (nSPS) is 17.5. The van der Waals surface area contributed by atoms with Gasteiger partial charge in [0.05, 0.1) is 21.5 Å². The topological polar surface area (TPSA) is 97.8 Å². The average molecular weight is 504 g/mol. The maximum atomic E-state index is 13.4. The Kier molecular flexibility index (Phi) is 6.87. The van der Waals surface area contributed by atoms with Gasteiger partial charge >= 0.3 is 0 Å². The Morgan fingerprint density at radius 1 is 0.912 bits per heavy atom. The first-order valence-electron chi connectivity index (χ1n) is 11.3. The highest BCUT2D eigenvalue weighted by Crippen LogP contribution is 2.31. The van der Waals surface area contributed by atoms with Gasteiger partial charge in [0.15, 0.2) is 19.7 Å². The van der Waals surface area contributed by atoms with Gasteiger partial charge < -0.3 is 9.64 Å². The molecule has 1 aliphatic carbocycles. The molecule has 4 rings (SSSR count). The Morgan fingerprint density at radius 2 is 1.53 bits per heavy atom. The third kappa shape index (κ3) is 5.52. The van der Waals surface area contributed by atoms with Crippen LogP contribution in [0.4, 0.5) is 0 Å². The molecule has 0 aromatic heterocycles. The number of sulfone groups is 2. The fraction of sp³-hybridized carbons (Fsp3) is 0.400. The van der Waals surface area contributed by atoms with Crippen molar-refractivity contribution in [2.24, 2.45) is 0 Å². The number of carbonyl (C=O) groups is 1. The summed E-state index contributed by atoms with van der Waals surface area (Å²) in [4.78, 5) is 15.5. The van der Waals surface area contributed by atoms with Crippen LogP contribution < -0.4 is 4.74 Å². The number of rotatable bonds is 6. The van der Waals surface area contributed by atoms with E-state index in [1.54, 1.807) is 35.2 Å². The first-order chi connectivity index (χ1) is 16.0. The van der Waals surface area contributed by atoms with Crippen molar-refractivity contribution in [1.29, 1.82) is 0 Å². The first kappa shape index (κ1) is 24.5. The molecule has 1 aliphatic heterocycles. The smallest absolute Gasteiger partial charge is 0.257 e. The fourth-order valence-corrected chi connectivity index (χ4v) is 5.68. The summed E-state index contributed by atoms with van der Waals surface area (Å²) in [5.74, 6) is 0.164. The number of amides is 1. The van der Waals surface area contributed by atoms with Gasteiger partial charge in [-0.15, -0.1) is 0 Å². The molecule has 2 aromatic carbocycles. The van der Waals surface area contributed by atoms with Crippen LogP contribution in [0, 0.1) is 0 Å². The molecule has 1 amide bonds. The Bertz CT molecular complexity index is 1320. The second-order valence-corrected chi connectivity index (χ2v) is 13.0. The predicted molar refractivity (Wildman–Crippen MR) is 130 cm³/mol. The molecule has 1 saturated carbocycles. The molecule has 0 N–H and O–H groups in total. The number of hydrogen-bond donors (Lipinski definition) is 0. The molecule has 0 bridgehead atoms. The molecule has 1 heterocycles. The Hall–Kier alpha value is -2.65. The van der Waals surface area contributed by atoms with Gasteiger partial charge in [-0.25, -0.2) is 16.8 Å². The van der Waals surface area contributed by atoms with Crippen LogP contribution in [-0.4, -0.2) is 59.3 Å². The van der Waals surface area contributed by atoms with E-state index >= 15 is 0 Å². The lowest BCUT2D eigenvalue weighted by atomic mass is 9.99. The molecule has 0 spiro atoms. The van der Waals surface area contributed by atoms with E-state index in [9.17, 15) is 21.6 Å². The van der Waals surface area contributed by atoms with E-state index in [1.807, 2.05) is 6.08 Å². The molecular formula is C25H29NO6S2. The Labute approximate surface area is 201 Å².